The third-order valence-corrected chi connectivity index (χ3v) is 5.31. The number of hydrogen-bond donors (Lipinski definition) is 4. The van der Waals surface area contributed by atoms with Crippen molar-refractivity contribution in [2.45, 2.75) is 33.0 Å². The van der Waals surface area contributed by atoms with E-state index in [2.05, 4.69) is 28.9 Å². The van der Waals surface area contributed by atoms with Crippen LogP contribution in [0.2, 0.25) is 10.0 Å². The average Bonchev–Trinajstić information content (AvgIpc) is 3.25. The Bertz CT molecular complexity index is 779. The highest BCUT2D eigenvalue weighted by Crippen LogP contribution is 2.61. The van der Waals surface area contributed by atoms with Gasteiger partial charge < -0.3 is 26.4 Å². The number of hydrogen-bond acceptors (Lipinski definition) is 6. The zero-order chi connectivity index (χ0) is 24.3. The number of rotatable bonds is 5. The molecule has 9 nitrogen and oxygen atoms in total. The summed E-state index contributed by atoms with van der Waals surface area (Å²) in [7, 11) is 1.19. The van der Waals surface area contributed by atoms with Gasteiger partial charge in [0.2, 0.25) is 0 Å². The molecule has 2 aliphatic rings. The lowest BCUT2D eigenvalue weighted by Gasteiger charge is -2.21. The molecule has 2 saturated carbocycles. The molecule has 0 aliphatic heterocycles. The summed E-state index contributed by atoms with van der Waals surface area (Å²) in [5.41, 5.74) is 10.0. The van der Waals surface area contributed by atoms with Gasteiger partial charge in [0.25, 0.3) is 0 Å². The molecule has 0 bridgehead atoms. The number of fused-ring (bicyclic) bond motifs is 1. The predicted octanol–water partition coefficient (Wildman–Crippen LogP) is 3.53. The number of halogens is 2. The van der Waals surface area contributed by atoms with Crippen LogP contribution in [0.1, 0.15) is 25.8 Å². The Morgan fingerprint density at radius 2 is 1.65 bits per heavy atom. The molecule has 12 heteroatoms. The first-order valence-electron chi connectivity index (χ1n) is 9.32. The SMILES string of the molecule is CC.CN=O.NC(N)=S.O=C(O)C1C(OCc2ccc(Cl)c(Cl)c2)CC2C(C(=O)O)C21. The maximum atomic E-state index is 11.4. The molecule has 0 heterocycles. The number of thiocarbonyl (C=S) groups is 1. The van der Waals surface area contributed by atoms with Gasteiger partial charge in [0, 0.05) is 0 Å². The number of carboxylic acid groups (broad SMARTS) is 2. The quantitative estimate of drug-likeness (QED) is 0.352. The van der Waals surface area contributed by atoms with Gasteiger partial charge in [-0.25, -0.2) is 0 Å². The van der Waals surface area contributed by atoms with Crippen molar-refractivity contribution < 1.29 is 24.5 Å². The second kappa shape index (κ2) is 14.1. The summed E-state index contributed by atoms with van der Waals surface area (Å²) in [5, 5.41) is 21.5. The minimum absolute atomic E-state index is 0.000000000000000222. The van der Waals surface area contributed by atoms with Crippen LogP contribution in [0.4, 0.5) is 0 Å². The van der Waals surface area contributed by atoms with Crippen molar-refractivity contribution in [2.75, 3.05) is 7.05 Å². The van der Waals surface area contributed by atoms with Gasteiger partial charge in [-0.15, -0.1) is 0 Å². The first kappa shape index (κ1) is 29.0. The Balaban J connectivity index is 0.000000865. The maximum absolute atomic E-state index is 11.4. The molecular weight excluding hydrogens is 469 g/mol. The van der Waals surface area contributed by atoms with Crippen LogP contribution in [0.3, 0.4) is 0 Å². The van der Waals surface area contributed by atoms with Crippen molar-refractivity contribution in [1.29, 1.82) is 0 Å². The molecule has 2 aliphatic carbocycles. The Morgan fingerprint density at radius 3 is 2.06 bits per heavy atom. The standard InChI is InChI=1S/C15H14Cl2O5.C2H6.CH4N2S.CH3NO/c16-8-2-1-6(3-9(8)17)5-22-10-4-7-11(12(7)14(18)19)13(10)15(20)21;1-2;2-1(3)4;1-2-3/h1-3,7,10-13H,4-5H2,(H,18,19)(H,20,21);1-2H3;(H4,2,3,4);1H3. The van der Waals surface area contributed by atoms with E-state index in [0.717, 1.165) is 5.56 Å². The summed E-state index contributed by atoms with van der Waals surface area (Å²) >= 11 is 15.9. The second-order valence-electron chi connectivity index (χ2n) is 6.39. The van der Waals surface area contributed by atoms with Gasteiger partial charge in [0.15, 0.2) is 5.11 Å². The van der Waals surface area contributed by atoms with Crippen molar-refractivity contribution in [3.05, 3.63) is 38.7 Å². The van der Waals surface area contributed by atoms with E-state index in [9.17, 15) is 14.7 Å². The summed E-state index contributed by atoms with van der Waals surface area (Å²) in [6, 6.07) is 5.10. The third-order valence-electron chi connectivity index (χ3n) is 4.57. The van der Waals surface area contributed by atoms with Crippen LogP contribution in [-0.4, -0.2) is 40.4 Å². The zero-order valence-electron chi connectivity index (χ0n) is 17.3. The molecule has 5 atom stereocenters. The van der Waals surface area contributed by atoms with Crippen LogP contribution < -0.4 is 11.5 Å². The van der Waals surface area contributed by atoms with Crippen LogP contribution in [0.25, 0.3) is 0 Å². The molecule has 174 valence electrons. The number of carbonyl (C=O) groups is 2. The van der Waals surface area contributed by atoms with Crippen LogP contribution in [0.5, 0.6) is 0 Å². The van der Waals surface area contributed by atoms with Crippen molar-refractivity contribution in [3.63, 3.8) is 0 Å². The summed E-state index contributed by atoms with van der Waals surface area (Å²) in [6.07, 6.45) is 0.0115. The molecule has 1 aromatic carbocycles. The smallest absolute Gasteiger partial charge is 0.309 e. The van der Waals surface area contributed by atoms with Crippen molar-refractivity contribution in [1.82, 2.24) is 0 Å². The molecule has 3 rings (SSSR count). The van der Waals surface area contributed by atoms with E-state index < -0.39 is 29.9 Å². The highest BCUT2D eigenvalue weighted by molar-refractivity contribution is 7.80. The number of benzene rings is 1. The minimum atomic E-state index is -0.990. The molecular formula is C19H27Cl2N3O6S. The predicted molar refractivity (Wildman–Crippen MR) is 123 cm³/mol. The Morgan fingerprint density at radius 1 is 1.16 bits per heavy atom. The lowest BCUT2D eigenvalue weighted by Crippen LogP contribution is -2.31. The molecule has 5 unspecified atom stereocenters. The lowest BCUT2D eigenvalue weighted by molar-refractivity contribution is -0.149. The number of aliphatic carboxylic acids is 2. The first-order valence-corrected chi connectivity index (χ1v) is 10.5. The van der Waals surface area contributed by atoms with Crippen LogP contribution in [-0.2, 0) is 20.9 Å². The Labute approximate surface area is 196 Å². The monoisotopic (exact) mass is 495 g/mol. The van der Waals surface area contributed by atoms with E-state index in [4.69, 9.17) is 38.0 Å². The van der Waals surface area contributed by atoms with E-state index in [1.165, 1.54) is 7.05 Å². The fraction of sp³-hybridized carbons (Fsp3) is 0.526. The highest BCUT2D eigenvalue weighted by atomic mass is 35.5. The molecule has 6 N–H and O–H groups in total. The van der Waals surface area contributed by atoms with E-state index >= 15 is 0 Å². The number of carboxylic acids is 2. The number of nitrogens with two attached hydrogens (primary N) is 2. The van der Waals surface area contributed by atoms with Gasteiger partial charge in [0.1, 0.15) is 0 Å². The first-order chi connectivity index (χ1) is 14.5. The second-order valence-corrected chi connectivity index (χ2v) is 7.67. The minimum Gasteiger partial charge on any atom is -0.481 e. The summed E-state index contributed by atoms with van der Waals surface area (Å²) in [6.45, 7) is 4.22. The topological polar surface area (TPSA) is 165 Å². The zero-order valence-corrected chi connectivity index (χ0v) is 19.7. The van der Waals surface area contributed by atoms with Crippen molar-refractivity contribution in [2.24, 2.45) is 40.3 Å². The fourth-order valence-electron chi connectivity index (χ4n) is 3.53. The maximum Gasteiger partial charge on any atom is 0.309 e. The molecule has 2 fully saturated rings. The lowest BCUT2D eigenvalue weighted by atomic mass is 9.97. The average molecular weight is 496 g/mol. The van der Waals surface area contributed by atoms with Crippen molar-refractivity contribution in [3.8, 4) is 0 Å². The largest absolute Gasteiger partial charge is 0.481 e. The number of nitrogens with zero attached hydrogens (tertiary/aromatic N) is 1. The van der Waals surface area contributed by atoms with Crippen LogP contribution in [0, 0.1) is 28.6 Å². The van der Waals surface area contributed by atoms with Gasteiger partial charge in [-0.3, -0.25) is 9.59 Å². The van der Waals surface area contributed by atoms with Gasteiger partial charge >= 0.3 is 11.9 Å². The van der Waals surface area contributed by atoms with Gasteiger partial charge in [-0.2, -0.15) is 4.91 Å². The van der Waals surface area contributed by atoms with E-state index in [0.29, 0.717) is 16.5 Å². The molecule has 0 spiro atoms. The fourth-order valence-corrected chi connectivity index (χ4v) is 3.85. The molecule has 0 aromatic heterocycles. The number of nitroso groups, excluding NO2 is 1. The number of ether oxygens (including phenoxy) is 1. The molecule has 1 aromatic rings. The summed E-state index contributed by atoms with van der Waals surface area (Å²) in [4.78, 5) is 31.0. The normalized spacial score (nSPS) is 24.5. The van der Waals surface area contributed by atoms with Crippen molar-refractivity contribution >= 4 is 52.5 Å². The molecule has 0 saturated heterocycles. The third kappa shape index (κ3) is 8.94. The van der Waals surface area contributed by atoms with Gasteiger partial charge in [0.05, 0.1) is 41.6 Å². The molecule has 0 radical (unpaired) electrons. The van der Waals surface area contributed by atoms with Gasteiger partial charge in [-0.1, -0.05) is 48.3 Å². The Kier molecular flexibility index (Phi) is 13.2. The van der Waals surface area contributed by atoms with Crippen LogP contribution in [0.15, 0.2) is 23.4 Å². The van der Waals surface area contributed by atoms with E-state index in [1.807, 2.05) is 13.8 Å². The summed E-state index contributed by atoms with van der Waals surface area (Å²) < 4.78 is 5.71. The molecule has 31 heavy (non-hydrogen) atoms. The molecule has 0 amide bonds. The highest BCUT2D eigenvalue weighted by Gasteiger charge is 2.67. The Hall–Kier alpha value is -2.01. The van der Waals surface area contributed by atoms with Crippen LogP contribution >= 0.6 is 35.4 Å². The summed E-state index contributed by atoms with van der Waals surface area (Å²) in [5.74, 6) is -3.59. The van der Waals surface area contributed by atoms with E-state index in [1.54, 1.807) is 18.2 Å². The van der Waals surface area contributed by atoms with Gasteiger partial charge in [-0.05, 0) is 48.2 Å². The van der Waals surface area contributed by atoms with E-state index in [-0.39, 0.29) is 23.6 Å².